The third kappa shape index (κ3) is 14.8. The van der Waals surface area contributed by atoms with E-state index in [0.717, 1.165) is 6.42 Å². The lowest BCUT2D eigenvalue weighted by molar-refractivity contribution is -0.284. The molecule has 0 radical (unpaired) electrons. The fourth-order valence-electron chi connectivity index (χ4n) is 2.33. The lowest BCUT2D eigenvalue weighted by Crippen LogP contribution is -2.26. The summed E-state index contributed by atoms with van der Waals surface area (Å²) in [5.41, 5.74) is 0. The molecule has 22 heavy (non-hydrogen) atoms. The number of unbranched alkanes of at least 4 members (excludes halogenated alkanes) is 10. The van der Waals surface area contributed by atoms with Crippen LogP contribution in [0.2, 0.25) is 0 Å². The second-order valence-electron chi connectivity index (χ2n) is 6.80. The van der Waals surface area contributed by atoms with E-state index in [-0.39, 0.29) is 6.10 Å². The van der Waals surface area contributed by atoms with Gasteiger partial charge in [0.2, 0.25) is 0 Å². The van der Waals surface area contributed by atoms with E-state index in [4.69, 9.17) is 9.47 Å². The molecule has 0 rings (SSSR count). The van der Waals surface area contributed by atoms with E-state index >= 15 is 0 Å². The number of hydrogen-bond donors (Lipinski definition) is 1. The van der Waals surface area contributed by atoms with Crippen LogP contribution in [0.1, 0.15) is 98.3 Å². The molecule has 0 amide bonds. The Labute approximate surface area is 138 Å². The number of aliphatic hydroxyl groups is 1. The van der Waals surface area contributed by atoms with Gasteiger partial charge < -0.3 is 14.6 Å². The Morgan fingerprint density at radius 1 is 0.727 bits per heavy atom. The van der Waals surface area contributed by atoms with E-state index in [1.165, 1.54) is 64.2 Å². The first kappa shape index (κ1) is 21.9. The number of ether oxygens (including phenoxy) is 2. The lowest BCUT2D eigenvalue weighted by Gasteiger charge is -2.20. The standard InChI is InChI=1S/C19H40O3/c1-5-6-7-8-9-10-11-12-13-14-15-16-21-19(20)22-18(4)17(2)3/h17-20H,5-16H2,1-4H3. The van der Waals surface area contributed by atoms with Gasteiger partial charge in [0, 0.05) is 0 Å². The van der Waals surface area contributed by atoms with Crippen LogP contribution in [0.4, 0.5) is 0 Å². The summed E-state index contributed by atoms with van der Waals surface area (Å²) >= 11 is 0. The molecule has 0 aromatic heterocycles. The summed E-state index contributed by atoms with van der Waals surface area (Å²) < 4.78 is 10.6. The molecule has 134 valence electrons. The summed E-state index contributed by atoms with van der Waals surface area (Å²) in [5, 5.41) is 9.59. The second-order valence-corrected chi connectivity index (χ2v) is 6.80. The maximum atomic E-state index is 9.59. The van der Waals surface area contributed by atoms with Crippen LogP contribution in [-0.2, 0) is 9.47 Å². The number of aliphatic hydroxyl groups excluding tert-OH is 1. The quantitative estimate of drug-likeness (QED) is 0.295. The normalized spacial score (nSPS) is 14.5. The molecule has 3 nitrogen and oxygen atoms in total. The summed E-state index contributed by atoms with van der Waals surface area (Å²) in [7, 11) is 0. The first-order valence-corrected chi connectivity index (χ1v) is 9.53. The van der Waals surface area contributed by atoms with Gasteiger partial charge in [-0.3, -0.25) is 0 Å². The molecule has 0 aromatic rings. The van der Waals surface area contributed by atoms with Crippen molar-refractivity contribution < 1.29 is 14.6 Å². The smallest absolute Gasteiger partial charge is 0.269 e. The fourth-order valence-corrected chi connectivity index (χ4v) is 2.33. The van der Waals surface area contributed by atoms with Gasteiger partial charge in [0.15, 0.2) is 0 Å². The van der Waals surface area contributed by atoms with Crippen molar-refractivity contribution in [2.75, 3.05) is 6.61 Å². The Kier molecular flexibility index (Phi) is 15.7. The van der Waals surface area contributed by atoms with Crippen molar-refractivity contribution in [3.8, 4) is 0 Å². The van der Waals surface area contributed by atoms with Gasteiger partial charge >= 0.3 is 0 Å². The summed E-state index contributed by atoms with van der Waals surface area (Å²) in [4.78, 5) is 0. The van der Waals surface area contributed by atoms with Crippen LogP contribution < -0.4 is 0 Å². The van der Waals surface area contributed by atoms with Gasteiger partial charge in [-0.15, -0.1) is 0 Å². The van der Waals surface area contributed by atoms with E-state index in [2.05, 4.69) is 20.8 Å². The van der Waals surface area contributed by atoms with Crippen molar-refractivity contribution in [1.29, 1.82) is 0 Å². The largest absolute Gasteiger partial charge is 0.346 e. The zero-order chi connectivity index (χ0) is 16.6. The van der Waals surface area contributed by atoms with Crippen LogP contribution in [0, 0.1) is 5.92 Å². The van der Waals surface area contributed by atoms with Crippen LogP contribution in [-0.4, -0.2) is 24.3 Å². The highest BCUT2D eigenvalue weighted by Crippen LogP contribution is 2.12. The van der Waals surface area contributed by atoms with Gasteiger partial charge in [0.1, 0.15) is 0 Å². The van der Waals surface area contributed by atoms with Gasteiger partial charge in [-0.1, -0.05) is 85.0 Å². The van der Waals surface area contributed by atoms with Crippen LogP contribution in [0.15, 0.2) is 0 Å². The van der Waals surface area contributed by atoms with Crippen LogP contribution in [0.25, 0.3) is 0 Å². The van der Waals surface area contributed by atoms with E-state index in [0.29, 0.717) is 12.5 Å². The Morgan fingerprint density at radius 2 is 1.18 bits per heavy atom. The molecule has 0 saturated carbocycles. The maximum absolute atomic E-state index is 9.59. The molecule has 1 N–H and O–H groups in total. The van der Waals surface area contributed by atoms with Crippen LogP contribution in [0.3, 0.4) is 0 Å². The van der Waals surface area contributed by atoms with Crippen molar-refractivity contribution in [2.45, 2.75) is 111 Å². The van der Waals surface area contributed by atoms with Crippen molar-refractivity contribution in [1.82, 2.24) is 0 Å². The van der Waals surface area contributed by atoms with Gasteiger partial charge in [-0.05, 0) is 19.3 Å². The minimum Gasteiger partial charge on any atom is -0.346 e. The van der Waals surface area contributed by atoms with Gasteiger partial charge in [0.05, 0.1) is 12.7 Å². The zero-order valence-electron chi connectivity index (χ0n) is 15.5. The first-order chi connectivity index (χ1) is 10.6. The molecular weight excluding hydrogens is 276 g/mol. The van der Waals surface area contributed by atoms with Crippen molar-refractivity contribution in [2.24, 2.45) is 5.92 Å². The zero-order valence-corrected chi connectivity index (χ0v) is 15.5. The molecule has 0 heterocycles. The maximum Gasteiger partial charge on any atom is 0.269 e. The summed E-state index contributed by atoms with van der Waals surface area (Å²) in [6.45, 7) is 7.88. The van der Waals surface area contributed by atoms with Crippen molar-refractivity contribution in [3.05, 3.63) is 0 Å². The molecule has 2 unspecified atom stereocenters. The van der Waals surface area contributed by atoms with Gasteiger partial charge in [-0.25, -0.2) is 0 Å². The minimum absolute atomic E-state index is 0.0207. The highest BCUT2D eigenvalue weighted by atomic mass is 16.8. The third-order valence-corrected chi connectivity index (χ3v) is 4.28. The lowest BCUT2D eigenvalue weighted by atomic mass is 10.1. The Balaban J connectivity index is 3.20. The topological polar surface area (TPSA) is 38.7 Å². The molecular formula is C19H40O3. The molecule has 0 fully saturated rings. The van der Waals surface area contributed by atoms with Gasteiger partial charge in [-0.2, -0.15) is 0 Å². The SMILES string of the molecule is CCCCCCCCCCCCCOC(O)OC(C)C(C)C. The third-order valence-electron chi connectivity index (χ3n) is 4.28. The molecule has 3 heteroatoms. The highest BCUT2D eigenvalue weighted by Gasteiger charge is 2.13. The second kappa shape index (κ2) is 15.8. The highest BCUT2D eigenvalue weighted by molar-refractivity contribution is 4.53. The number of hydrogen-bond acceptors (Lipinski definition) is 3. The van der Waals surface area contributed by atoms with Crippen LogP contribution >= 0.6 is 0 Å². The molecule has 2 atom stereocenters. The van der Waals surface area contributed by atoms with Crippen molar-refractivity contribution in [3.63, 3.8) is 0 Å². The molecule has 0 aliphatic carbocycles. The van der Waals surface area contributed by atoms with Gasteiger partial charge in [0.25, 0.3) is 6.48 Å². The Hall–Kier alpha value is -0.120. The molecule has 0 bridgehead atoms. The molecule has 0 aliphatic heterocycles. The number of rotatable bonds is 16. The Morgan fingerprint density at radius 3 is 1.64 bits per heavy atom. The predicted molar refractivity (Wildman–Crippen MR) is 93.8 cm³/mol. The fraction of sp³-hybridized carbons (Fsp3) is 1.00. The molecule has 0 aromatic carbocycles. The molecule has 0 spiro atoms. The summed E-state index contributed by atoms with van der Waals surface area (Å²) in [6.07, 6.45) is 14.5. The molecule has 0 aliphatic rings. The Bertz CT molecular complexity index is 219. The monoisotopic (exact) mass is 316 g/mol. The van der Waals surface area contributed by atoms with E-state index < -0.39 is 6.48 Å². The predicted octanol–water partition coefficient (Wildman–Crippen LogP) is 5.65. The average molecular weight is 317 g/mol. The van der Waals surface area contributed by atoms with Crippen LogP contribution in [0.5, 0.6) is 0 Å². The van der Waals surface area contributed by atoms with E-state index in [1.54, 1.807) is 0 Å². The summed E-state index contributed by atoms with van der Waals surface area (Å²) in [6, 6.07) is 0. The molecule has 0 saturated heterocycles. The average Bonchev–Trinajstić information content (AvgIpc) is 2.48. The first-order valence-electron chi connectivity index (χ1n) is 9.53. The van der Waals surface area contributed by atoms with Crippen molar-refractivity contribution >= 4 is 0 Å². The van der Waals surface area contributed by atoms with E-state index in [9.17, 15) is 5.11 Å². The summed E-state index contributed by atoms with van der Waals surface area (Å²) in [5.74, 6) is 0.389. The minimum atomic E-state index is -1.07. The van der Waals surface area contributed by atoms with E-state index in [1.807, 2.05) is 6.92 Å².